The summed E-state index contributed by atoms with van der Waals surface area (Å²) in [6, 6.07) is 12.5. The maximum Gasteiger partial charge on any atom is 0.405 e. The first-order valence-corrected chi connectivity index (χ1v) is 19.9. The molecule has 8 rings (SSSR count). The van der Waals surface area contributed by atoms with Crippen molar-refractivity contribution in [2.45, 2.75) is 44.6 Å². The third-order valence-corrected chi connectivity index (χ3v) is 10.2. The Balaban J connectivity index is 0.817. The van der Waals surface area contributed by atoms with E-state index in [0.717, 1.165) is 11.2 Å². The highest BCUT2D eigenvalue weighted by Gasteiger charge is 2.45. The summed E-state index contributed by atoms with van der Waals surface area (Å²) in [4.78, 5) is 97.7. The summed E-state index contributed by atoms with van der Waals surface area (Å²) in [7, 11) is 0. The van der Waals surface area contributed by atoms with Crippen LogP contribution >= 0.6 is 0 Å². The van der Waals surface area contributed by atoms with Crippen molar-refractivity contribution in [1.82, 2.24) is 50.3 Å². The van der Waals surface area contributed by atoms with Gasteiger partial charge in [-0.15, -0.1) is 5.10 Å². The number of anilines is 3. The van der Waals surface area contributed by atoms with Gasteiger partial charge in [-0.1, -0.05) is 11.3 Å². The molecule has 7 N–H and O–H groups in total. The van der Waals surface area contributed by atoms with Gasteiger partial charge in [0.2, 0.25) is 17.7 Å². The van der Waals surface area contributed by atoms with Crippen molar-refractivity contribution in [3.63, 3.8) is 0 Å². The van der Waals surface area contributed by atoms with Crippen LogP contribution in [0, 0.1) is 0 Å². The number of aromatic nitrogens is 7. The zero-order valence-corrected chi connectivity index (χ0v) is 34.1. The summed E-state index contributed by atoms with van der Waals surface area (Å²) >= 11 is 0. The third kappa shape index (κ3) is 9.58. The predicted molar refractivity (Wildman–Crippen MR) is 222 cm³/mol. The Kier molecular flexibility index (Phi) is 12.1. The third-order valence-electron chi connectivity index (χ3n) is 10.2. The van der Waals surface area contributed by atoms with E-state index in [-0.39, 0.29) is 70.4 Å². The highest BCUT2D eigenvalue weighted by molar-refractivity contribution is 6.25. The molecule has 0 saturated carbocycles. The van der Waals surface area contributed by atoms with Gasteiger partial charge >= 0.3 is 6.18 Å². The molecule has 0 spiro atoms. The molecule has 6 aromatic rings. The van der Waals surface area contributed by atoms with Gasteiger partial charge in [0.05, 0.1) is 41.4 Å². The summed E-state index contributed by atoms with van der Waals surface area (Å²) < 4.78 is 46.1. The fourth-order valence-corrected chi connectivity index (χ4v) is 7.02. The fraction of sp³-hybridized carbons (Fsp3) is 0.220. The molecule has 6 heterocycles. The molecule has 1 fully saturated rings. The summed E-state index contributed by atoms with van der Waals surface area (Å²) in [6.07, 6.45) is 1.38. The molecule has 1 unspecified atom stereocenters. The summed E-state index contributed by atoms with van der Waals surface area (Å²) in [5.74, 6) is -4.74. The average molecular weight is 909 g/mol. The number of primary amides is 1. The molecule has 0 radical (unpaired) electrons. The number of piperidine rings is 1. The number of imide groups is 2. The molecule has 0 aliphatic carbocycles. The van der Waals surface area contributed by atoms with Crippen LogP contribution < -0.4 is 32.3 Å². The van der Waals surface area contributed by atoms with Crippen LogP contribution in [0.2, 0.25) is 0 Å². The number of carbonyl (C=O) groups excluding carboxylic acids is 7. The Hall–Kier alpha value is -8.77. The van der Waals surface area contributed by atoms with E-state index in [2.05, 4.69) is 52.0 Å². The summed E-state index contributed by atoms with van der Waals surface area (Å²) in [5.41, 5.74) is 7.08. The van der Waals surface area contributed by atoms with Crippen LogP contribution in [0.3, 0.4) is 0 Å². The molecule has 7 amide bonds. The number of rotatable bonds is 16. The molecule has 25 heteroatoms. The first-order chi connectivity index (χ1) is 31.6. The van der Waals surface area contributed by atoms with Crippen molar-refractivity contribution in [2.24, 2.45) is 5.73 Å². The van der Waals surface area contributed by atoms with Gasteiger partial charge in [-0.25, -0.2) is 14.6 Å². The quantitative estimate of drug-likeness (QED) is 0.0601. The molecular weight excluding hydrogens is 874 g/mol. The molecule has 4 aromatic heterocycles. The van der Waals surface area contributed by atoms with Gasteiger partial charge in [-0.2, -0.15) is 18.3 Å². The van der Waals surface area contributed by atoms with Crippen molar-refractivity contribution in [2.75, 3.05) is 29.0 Å². The Labute approximate surface area is 369 Å². The van der Waals surface area contributed by atoms with Crippen molar-refractivity contribution in [3.8, 4) is 17.1 Å². The summed E-state index contributed by atoms with van der Waals surface area (Å²) in [5, 5.41) is 25.2. The SMILES string of the molecule is NC(=O)c1nn(-c2ccc(C(=O)NCc3cn(CCCNc4cccc5c4C(=O)N(C4CCC(=O)NC4=O)C5=O)nn3)cc2)cc1NC(=O)c1coc(-c2ccnc(NCC(F)(F)F)c2)n1. The number of hydrogen-bond donors (Lipinski definition) is 6. The largest absolute Gasteiger partial charge is 0.444 e. The standard InChI is InChI=1S/C41H35F3N14O8/c42-41(43,44)20-49-30-15-22(11-13-47-30)38-51-28(19-66-38)36(62)50-27-18-57(54-33(27)34(45)60)24-7-5-21(6-8-24)35(61)48-16-23-17-56(55-53-23)14-2-12-46-26-4-1-3-25-32(26)40(65)58(39(25)64)29-9-10-31(59)52-37(29)63/h1,3-8,11,13,15,17-19,29,46H,2,9-10,12,14,16,20H2,(H2,45,60)(H,47,49)(H,48,61)(H,50,62)(H,52,59,63). The van der Waals surface area contributed by atoms with E-state index in [1.54, 1.807) is 35.1 Å². The van der Waals surface area contributed by atoms with Crippen LogP contribution in [0.4, 0.5) is 30.4 Å². The number of amides is 7. The van der Waals surface area contributed by atoms with Crippen molar-refractivity contribution < 1.29 is 51.2 Å². The number of pyridine rings is 1. The number of hydrogen-bond acceptors (Lipinski definition) is 15. The molecule has 2 aromatic carbocycles. The molecule has 2 aliphatic heterocycles. The molecule has 66 heavy (non-hydrogen) atoms. The van der Waals surface area contributed by atoms with Gasteiger partial charge < -0.3 is 31.4 Å². The lowest BCUT2D eigenvalue weighted by atomic mass is 10.0. The molecule has 22 nitrogen and oxygen atoms in total. The monoisotopic (exact) mass is 908 g/mol. The maximum absolute atomic E-state index is 13.3. The molecule has 0 bridgehead atoms. The number of benzene rings is 2. The molecule has 338 valence electrons. The second-order valence-corrected chi connectivity index (χ2v) is 14.7. The Morgan fingerprint density at radius 2 is 1.76 bits per heavy atom. The first kappa shape index (κ1) is 43.9. The van der Waals surface area contributed by atoms with Crippen LogP contribution in [0.25, 0.3) is 17.1 Å². The number of nitrogens with two attached hydrogens (primary N) is 1. The highest BCUT2D eigenvalue weighted by Crippen LogP contribution is 2.32. The van der Waals surface area contributed by atoms with Crippen LogP contribution in [0.1, 0.15) is 77.0 Å². The predicted octanol–water partition coefficient (Wildman–Crippen LogP) is 2.67. The second kappa shape index (κ2) is 18.1. The first-order valence-electron chi connectivity index (χ1n) is 19.9. The van der Waals surface area contributed by atoms with Crippen LogP contribution in [0.5, 0.6) is 0 Å². The number of carbonyl (C=O) groups is 7. The molecule has 1 atom stereocenters. The van der Waals surface area contributed by atoms with E-state index in [4.69, 9.17) is 10.2 Å². The average Bonchev–Trinajstić information content (AvgIpc) is 4.11. The zero-order valence-electron chi connectivity index (χ0n) is 34.1. The second-order valence-electron chi connectivity index (χ2n) is 14.7. The highest BCUT2D eigenvalue weighted by atomic mass is 19.4. The van der Waals surface area contributed by atoms with Crippen LogP contribution in [-0.4, -0.2) is 106 Å². The van der Waals surface area contributed by atoms with Crippen LogP contribution in [0.15, 0.2) is 83.9 Å². The van der Waals surface area contributed by atoms with Gasteiger partial charge in [0, 0.05) is 42.5 Å². The minimum atomic E-state index is -4.47. The minimum Gasteiger partial charge on any atom is -0.444 e. The number of fused-ring (bicyclic) bond motifs is 1. The van der Waals surface area contributed by atoms with Crippen molar-refractivity contribution in [3.05, 3.63) is 113 Å². The topological polar surface area (TPSA) is 296 Å². The number of aryl methyl sites for hydroxylation is 1. The zero-order chi connectivity index (χ0) is 46.7. The van der Waals surface area contributed by atoms with Crippen molar-refractivity contribution >= 4 is 58.5 Å². The maximum atomic E-state index is 13.3. The fourth-order valence-electron chi connectivity index (χ4n) is 7.02. The lowest BCUT2D eigenvalue weighted by molar-refractivity contribution is -0.136. The van der Waals surface area contributed by atoms with Crippen molar-refractivity contribution in [1.29, 1.82) is 0 Å². The van der Waals surface area contributed by atoms with Gasteiger partial charge in [0.15, 0.2) is 11.4 Å². The van der Waals surface area contributed by atoms with E-state index < -0.39 is 60.1 Å². The van der Waals surface area contributed by atoms with E-state index in [1.807, 2.05) is 0 Å². The normalized spacial score (nSPS) is 14.8. The Morgan fingerprint density at radius 3 is 2.52 bits per heavy atom. The summed E-state index contributed by atoms with van der Waals surface area (Å²) in [6.45, 7) is -0.460. The van der Waals surface area contributed by atoms with E-state index in [9.17, 15) is 46.7 Å². The number of alkyl halides is 3. The van der Waals surface area contributed by atoms with Gasteiger partial charge in [0.1, 0.15) is 30.4 Å². The number of halogens is 3. The van der Waals surface area contributed by atoms with Crippen LogP contribution in [-0.2, 0) is 22.7 Å². The molecular formula is C41H35F3N14O8. The number of nitrogens with zero attached hydrogens (tertiary/aromatic N) is 8. The molecule has 2 aliphatic rings. The van der Waals surface area contributed by atoms with Gasteiger partial charge in [0.25, 0.3) is 29.5 Å². The van der Waals surface area contributed by atoms with E-state index in [1.165, 1.54) is 47.4 Å². The Bertz CT molecular complexity index is 2910. The van der Waals surface area contributed by atoms with E-state index in [0.29, 0.717) is 36.6 Å². The lowest BCUT2D eigenvalue weighted by Crippen LogP contribution is -2.54. The van der Waals surface area contributed by atoms with Gasteiger partial charge in [-0.3, -0.25) is 48.5 Å². The smallest absolute Gasteiger partial charge is 0.405 e. The number of oxazole rings is 1. The lowest BCUT2D eigenvalue weighted by Gasteiger charge is -2.27. The molecule has 1 saturated heterocycles. The minimum absolute atomic E-state index is 0.0173. The van der Waals surface area contributed by atoms with E-state index >= 15 is 0 Å². The van der Waals surface area contributed by atoms with Gasteiger partial charge in [-0.05, 0) is 61.4 Å². The Morgan fingerprint density at radius 1 is 0.955 bits per heavy atom. The number of nitrogens with one attached hydrogen (secondary N) is 5.